The lowest BCUT2D eigenvalue weighted by Crippen LogP contribution is -2.42. The van der Waals surface area contributed by atoms with Crippen molar-refractivity contribution >= 4 is 28.5 Å². The van der Waals surface area contributed by atoms with Crippen LogP contribution >= 0.6 is 0 Å². The number of benzene rings is 1. The number of nitrogens with one attached hydrogen (secondary N) is 1. The number of hydrogen-bond donors (Lipinski definition) is 1. The number of rotatable bonds is 4. The van der Waals surface area contributed by atoms with Gasteiger partial charge in [-0.2, -0.15) is 0 Å². The molecule has 154 valence electrons. The number of morpholine rings is 1. The molecule has 3 aromatic rings. The lowest BCUT2D eigenvalue weighted by molar-refractivity contribution is -0.116. The van der Waals surface area contributed by atoms with Crippen LogP contribution in [-0.2, 0) is 16.1 Å². The quantitative estimate of drug-likeness (QED) is 0.713. The third-order valence-electron chi connectivity index (χ3n) is 4.96. The normalized spacial score (nSPS) is 14.0. The Bertz CT molecular complexity index is 1150. The Morgan fingerprint density at radius 3 is 2.57 bits per heavy atom. The number of fused-ring (bicyclic) bond motifs is 1. The Morgan fingerprint density at radius 1 is 1.10 bits per heavy atom. The van der Waals surface area contributed by atoms with E-state index < -0.39 is 0 Å². The molecule has 1 aliphatic rings. The minimum Gasteiger partial charge on any atom is -0.378 e. The number of pyridine rings is 2. The zero-order valence-corrected chi connectivity index (χ0v) is 16.6. The molecule has 1 aromatic carbocycles. The third-order valence-corrected chi connectivity index (χ3v) is 4.96. The fraction of sp³-hybridized carbons (Fsp3) is 0.273. The first-order valence-electron chi connectivity index (χ1n) is 9.75. The van der Waals surface area contributed by atoms with E-state index in [1.165, 1.54) is 6.20 Å². The number of nitrogens with zero attached hydrogens (tertiary/aromatic N) is 3. The zero-order chi connectivity index (χ0) is 21.1. The van der Waals surface area contributed by atoms with E-state index in [9.17, 15) is 14.4 Å². The van der Waals surface area contributed by atoms with Crippen LogP contribution in [0, 0.1) is 6.92 Å². The maximum absolute atomic E-state index is 13.0. The molecule has 0 bridgehead atoms. The number of amides is 2. The SMILES string of the molecule is Cc1ccc2c(=O)c(C(=O)N3CCOCC3)cn(CC(=O)Nc3ccccc3)c2n1. The van der Waals surface area contributed by atoms with Gasteiger partial charge in [-0.1, -0.05) is 18.2 Å². The maximum Gasteiger partial charge on any atom is 0.259 e. The summed E-state index contributed by atoms with van der Waals surface area (Å²) in [5, 5.41) is 3.13. The highest BCUT2D eigenvalue weighted by Gasteiger charge is 2.23. The molecule has 0 atom stereocenters. The zero-order valence-electron chi connectivity index (χ0n) is 16.6. The van der Waals surface area contributed by atoms with Gasteiger partial charge in [0, 0.05) is 30.7 Å². The fourth-order valence-electron chi connectivity index (χ4n) is 3.45. The van der Waals surface area contributed by atoms with E-state index in [1.54, 1.807) is 33.7 Å². The molecule has 0 saturated carbocycles. The fourth-order valence-corrected chi connectivity index (χ4v) is 3.45. The molecular formula is C22H22N4O4. The molecule has 30 heavy (non-hydrogen) atoms. The van der Waals surface area contributed by atoms with Gasteiger partial charge < -0.3 is 19.5 Å². The number of aromatic nitrogens is 2. The average Bonchev–Trinajstić information content (AvgIpc) is 2.76. The summed E-state index contributed by atoms with van der Waals surface area (Å²) < 4.78 is 6.86. The Balaban J connectivity index is 1.72. The molecule has 3 heterocycles. The molecule has 0 spiro atoms. The maximum atomic E-state index is 13.0. The van der Waals surface area contributed by atoms with Crippen LogP contribution in [-0.4, -0.2) is 52.6 Å². The second-order valence-electron chi connectivity index (χ2n) is 7.14. The molecule has 8 heteroatoms. The Labute approximate surface area is 173 Å². The number of carbonyl (C=O) groups excluding carboxylic acids is 2. The van der Waals surface area contributed by atoms with Crippen molar-refractivity contribution in [2.24, 2.45) is 0 Å². The van der Waals surface area contributed by atoms with Gasteiger partial charge >= 0.3 is 0 Å². The van der Waals surface area contributed by atoms with Crippen LogP contribution in [0.15, 0.2) is 53.5 Å². The summed E-state index contributed by atoms with van der Waals surface area (Å²) in [6.07, 6.45) is 1.44. The summed E-state index contributed by atoms with van der Waals surface area (Å²) in [5.41, 5.74) is 1.41. The predicted molar refractivity (Wildman–Crippen MR) is 113 cm³/mol. The van der Waals surface area contributed by atoms with Crippen molar-refractivity contribution < 1.29 is 14.3 Å². The predicted octanol–water partition coefficient (Wildman–Crippen LogP) is 1.82. The summed E-state index contributed by atoms with van der Waals surface area (Å²) in [6.45, 7) is 3.46. The minimum absolute atomic E-state index is 0.0302. The number of hydrogen-bond acceptors (Lipinski definition) is 5. The summed E-state index contributed by atoms with van der Waals surface area (Å²) >= 11 is 0. The molecule has 1 aliphatic heterocycles. The van der Waals surface area contributed by atoms with Gasteiger partial charge in [0.1, 0.15) is 17.8 Å². The Hall–Kier alpha value is -3.52. The van der Waals surface area contributed by atoms with Crippen molar-refractivity contribution in [3.05, 3.63) is 70.1 Å². The first-order valence-corrected chi connectivity index (χ1v) is 9.75. The highest BCUT2D eigenvalue weighted by molar-refractivity contribution is 5.97. The topological polar surface area (TPSA) is 93.5 Å². The van der Waals surface area contributed by atoms with E-state index in [0.29, 0.717) is 48.7 Å². The highest BCUT2D eigenvalue weighted by atomic mass is 16.5. The van der Waals surface area contributed by atoms with Crippen molar-refractivity contribution in [2.75, 3.05) is 31.6 Å². The van der Waals surface area contributed by atoms with Crippen LogP contribution in [0.3, 0.4) is 0 Å². The number of ether oxygens (including phenoxy) is 1. The molecular weight excluding hydrogens is 384 g/mol. The summed E-state index contributed by atoms with van der Waals surface area (Å²) in [7, 11) is 0. The van der Waals surface area contributed by atoms with Crippen molar-refractivity contribution in [2.45, 2.75) is 13.5 Å². The van der Waals surface area contributed by atoms with Crippen LogP contribution < -0.4 is 10.7 Å². The van der Waals surface area contributed by atoms with Crippen molar-refractivity contribution in [3.63, 3.8) is 0 Å². The average molecular weight is 406 g/mol. The van der Waals surface area contributed by atoms with Crippen LogP contribution in [0.1, 0.15) is 16.1 Å². The molecule has 2 aromatic heterocycles. The van der Waals surface area contributed by atoms with Crippen molar-refractivity contribution in [1.29, 1.82) is 0 Å². The smallest absolute Gasteiger partial charge is 0.259 e. The number of carbonyl (C=O) groups is 2. The summed E-state index contributed by atoms with van der Waals surface area (Å²) in [5.74, 6) is -0.637. The van der Waals surface area contributed by atoms with E-state index >= 15 is 0 Å². The van der Waals surface area contributed by atoms with Crippen LogP contribution in [0.5, 0.6) is 0 Å². The van der Waals surface area contributed by atoms with E-state index in [2.05, 4.69) is 10.3 Å². The molecule has 2 amide bonds. The van der Waals surface area contributed by atoms with Gasteiger partial charge in [0.15, 0.2) is 0 Å². The molecule has 1 fully saturated rings. The van der Waals surface area contributed by atoms with Gasteiger partial charge in [-0.3, -0.25) is 14.4 Å². The summed E-state index contributed by atoms with van der Waals surface area (Å²) in [4.78, 5) is 44.7. The van der Waals surface area contributed by atoms with Gasteiger partial charge in [-0.05, 0) is 31.2 Å². The van der Waals surface area contributed by atoms with E-state index in [4.69, 9.17) is 4.74 Å². The number of para-hydroxylation sites is 1. The van der Waals surface area contributed by atoms with Gasteiger partial charge in [0.05, 0.1) is 18.6 Å². The number of aryl methyl sites for hydroxylation is 1. The lowest BCUT2D eigenvalue weighted by Gasteiger charge is -2.27. The molecule has 0 aliphatic carbocycles. The standard InChI is InChI=1S/C22H22N4O4/c1-15-7-8-17-20(28)18(22(29)25-9-11-30-12-10-25)13-26(21(17)23-15)14-19(27)24-16-5-3-2-4-6-16/h2-8,13H,9-12,14H2,1H3,(H,24,27). The first-order chi connectivity index (χ1) is 14.5. The Morgan fingerprint density at radius 2 is 1.83 bits per heavy atom. The first kappa shape index (κ1) is 19.8. The van der Waals surface area contributed by atoms with Gasteiger partial charge in [0.25, 0.3) is 5.91 Å². The van der Waals surface area contributed by atoms with Crippen molar-refractivity contribution in [1.82, 2.24) is 14.5 Å². The molecule has 1 N–H and O–H groups in total. The number of anilines is 1. The monoisotopic (exact) mass is 406 g/mol. The van der Waals surface area contributed by atoms with Crippen LogP contribution in [0.4, 0.5) is 5.69 Å². The molecule has 1 saturated heterocycles. The van der Waals surface area contributed by atoms with E-state index in [1.807, 2.05) is 25.1 Å². The third kappa shape index (κ3) is 4.08. The van der Waals surface area contributed by atoms with Crippen LogP contribution in [0.25, 0.3) is 11.0 Å². The summed E-state index contributed by atoms with van der Waals surface area (Å²) in [6, 6.07) is 12.5. The highest BCUT2D eigenvalue weighted by Crippen LogP contribution is 2.14. The van der Waals surface area contributed by atoms with Gasteiger partial charge in [-0.25, -0.2) is 4.98 Å². The van der Waals surface area contributed by atoms with E-state index in [0.717, 1.165) is 0 Å². The lowest BCUT2D eigenvalue weighted by atomic mass is 10.1. The van der Waals surface area contributed by atoms with Gasteiger partial charge in [-0.15, -0.1) is 0 Å². The van der Waals surface area contributed by atoms with E-state index in [-0.39, 0.29) is 29.4 Å². The molecule has 0 unspecified atom stereocenters. The molecule has 8 nitrogen and oxygen atoms in total. The largest absolute Gasteiger partial charge is 0.378 e. The second-order valence-corrected chi connectivity index (χ2v) is 7.14. The molecule has 4 rings (SSSR count). The van der Waals surface area contributed by atoms with Crippen molar-refractivity contribution in [3.8, 4) is 0 Å². The Kier molecular flexibility index (Phi) is 5.58. The van der Waals surface area contributed by atoms with Gasteiger partial charge in [0.2, 0.25) is 11.3 Å². The molecule has 0 radical (unpaired) electrons. The van der Waals surface area contributed by atoms with Crippen LogP contribution in [0.2, 0.25) is 0 Å². The second kappa shape index (κ2) is 8.46. The minimum atomic E-state index is -0.381.